The fourth-order valence-corrected chi connectivity index (χ4v) is 6.88. The molecule has 6 nitrogen and oxygen atoms in total. The molecule has 2 atom stereocenters. The Labute approximate surface area is 245 Å². The second kappa shape index (κ2) is 10.8. The molecule has 0 saturated heterocycles. The molecule has 0 aromatic carbocycles. The summed E-state index contributed by atoms with van der Waals surface area (Å²) in [6, 6.07) is 17.4. The second-order valence-corrected chi connectivity index (χ2v) is 11.9. The third kappa shape index (κ3) is 4.42. The van der Waals surface area contributed by atoms with Gasteiger partial charge in [0, 0.05) is 54.5 Å². The summed E-state index contributed by atoms with van der Waals surface area (Å²) in [5, 5.41) is -0.0632. The highest BCUT2D eigenvalue weighted by atomic mass is 15.4. The summed E-state index contributed by atoms with van der Waals surface area (Å²) in [5.74, 6) is 2.17. The highest BCUT2D eigenvalue weighted by Gasteiger charge is 2.68. The predicted molar refractivity (Wildman–Crippen MR) is 167 cm³/mol. The van der Waals surface area contributed by atoms with Gasteiger partial charge in [0.05, 0.1) is 17.7 Å². The Morgan fingerprint density at radius 3 is 2.39 bits per heavy atom. The van der Waals surface area contributed by atoms with Gasteiger partial charge in [-0.3, -0.25) is 9.79 Å². The van der Waals surface area contributed by atoms with Gasteiger partial charge in [0.2, 0.25) is 0 Å². The lowest BCUT2D eigenvalue weighted by atomic mass is 9.39. The fraction of sp³-hybridized carbons (Fsp3) is 0.353. The van der Waals surface area contributed by atoms with Crippen molar-refractivity contribution in [2.24, 2.45) is 0 Å². The highest BCUT2D eigenvalue weighted by Crippen LogP contribution is 2.55. The van der Waals surface area contributed by atoms with E-state index in [2.05, 4.69) is 132 Å². The zero-order chi connectivity index (χ0) is 28.6. The zero-order valence-corrected chi connectivity index (χ0v) is 25.0. The predicted octanol–water partition coefficient (Wildman–Crippen LogP) is 6.78. The maximum Gasteiger partial charge on any atom is 0.517 e. The van der Waals surface area contributed by atoms with Gasteiger partial charge in [-0.05, 0) is 61.2 Å². The van der Waals surface area contributed by atoms with E-state index >= 15 is 0 Å². The van der Waals surface area contributed by atoms with Crippen LogP contribution in [0.25, 0.3) is 22.3 Å². The zero-order valence-electron chi connectivity index (χ0n) is 25.0. The van der Waals surface area contributed by atoms with Gasteiger partial charge in [-0.2, -0.15) is 0 Å². The molecule has 6 heterocycles. The Hall–Kier alpha value is -4.00. The molecule has 0 amide bonds. The monoisotopic (exact) mass is 544 g/mol. The molecule has 0 N–H and O–H groups in total. The number of pyridine rings is 4. The molecule has 7 heteroatoms. The van der Waals surface area contributed by atoms with Gasteiger partial charge >= 0.3 is 6.98 Å². The third-order valence-electron chi connectivity index (χ3n) is 9.84. The van der Waals surface area contributed by atoms with Crippen molar-refractivity contribution in [2.45, 2.75) is 77.7 Å². The van der Waals surface area contributed by atoms with Crippen LogP contribution in [0.5, 0.6) is 0 Å². The lowest BCUT2D eigenvalue weighted by Crippen LogP contribution is -2.74. The summed E-state index contributed by atoms with van der Waals surface area (Å²) in [6.07, 6.45) is 21.3. The van der Waals surface area contributed by atoms with Crippen LogP contribution in [0.15, 0.2) is 98.1 Å². The second-order valence-electron chi connectivity index (χ2n) is 11.9. The van der Waals surface area contributed by atoms with Gasteiger partial charge in [0.25, 0.3) is 5.82 Å². The van der Waals surface area contributed by atoms with Crippen molar-refractivity contribution in [3.8, 4) is 22.3 Å². The fourth-order valence-electron chi connectivity index (χ4n) is 6.88. The molecule has 4 aromatic rings. The Morgan fingerprint density at radius 2 is 1.63 bits per heavy atom. The van der Waals surface area contributed by atoms with Crippen LogP contribution in [0, 0.1) is 0 Å². The molecule has 41 heavy (non-hydrogen) atoms. The number of anilines is 2. The van der Waals surface area contributed by atoms with Gasteiger partial charge in [-0.15, -0.1) is 0 Å². The smallest absolute Gasteiger partial charge is 0.331 e. The van der Waals surface area contributed by atoms with Crippen molar-refractivity contribution < 1.29 is 9.13 Å². The number of unbranched alkanes of at least 4 members (excludes halogenated alkanes) is 1. The van der Waals surface area contributed by atoms with Gasteiger partial charge in [0.1, 0.15) is 17.9 Å². The molecule has 0 bridgehead atoms. The molecule has 0 saturated carbocycles. The van der Waals surface area contributed by atoms with E-state index in [0.29, 0.717) is 0 Å². The molecule has 0 spiro atoms. The van der Waals surface area contributed by atoms with E-state index in [1.807, 2.05) is 24.7 Å². The maximum atomic E-state index is 4.93. The lowest BCUT2D eigenvalue weighted by Gasteiger charge is -2.51. The molecule has 0 aliphatic carbocycles. The largest absolute Gasteiger partial charge is 0.517 e. The van der Waals surface area contributed by atoms with Crippen LogP contribution in [0.3, 0.4) is 0 Å². The van der Waals surface area contributed by atoms with Crippen molar-refractivity contribution in [1.29, 1.82) is 0 Å². The minimum atomic E-state index is -0.0994. The average molecular weight is 545 g/mol. The van der Waals surface area contributed by atoms with Crippen LogP contribution in [-0.2, 0) is 12.1 Å². The minimum Gasteiger partial charge on any atom is -0.331 e. The molecule has 208 valence electrons. The molecule has 4 aromatic heterocycles. The number of fused-ring (bicyclic) bond motifs is 3. The molecular weight excluding hydrogens is 503 g/mol. The van der Waals surface area contributed by atoms with E-state index in [-0.39, 0.29) is 17.8 Å². The molecule has 0 fully saturated rings. The normalized spacial score (nSPS) is 21.2. The van der Waals surface area contributed by atoms with Gasteiger partial charge in [-0.25, -0.2) is 14.1 Å². The Kier molecular flexibility index (Phi) is 7.14. The first-order valence-corrected chi connectivity index (χ1v) is 15.1. The van der Waals surface area contributed by atoms with Crippen LogP contribution >= 0.6 is 0 Å². The summed E-state index contributed by atoms with van der Waals surface area (Å²) >= 11 is 0. The van der Waals surface area contributed by atoms with E-state index in [1.54, 1.807) is 0 Å². The SMILES string of the molecule is CCCC[n+]1cccc(-c2ccnc(N3C=CN4B3C(C)(CC)C(C)(CC)[n+]3ccc(-c5cccnc5)cc34)c2)c1. The van der Waals surface area contributed by atoms with Crippen LogP contribution in [0.4, 0.5) is 11.6 Å². The number of aryl methyl sites for hydroxylation is 1. The van der Waals surface area contributed by atoms with Crippen molar-refractivity contribution in [3.05, 3.63) is 98.1 Å². The Balaban J connectivity index is 1.43. The van der Waals surface area contributed by atoms with Gasteiger partial charge in [-0.1, -0.05) is 40.2 Å². The van der Waals surface area contributed by atoms with E-state index in [0.717, 1.165) is 30.8 Å². The number of hydrogen-bond acceptors (Lipinski definition) is 4. The van der Waals surface area contributed by atoms with Gasteiger partial charge in [0.15, 0.2) is 12.4 Å². The molecule has 0 radical (unpaired) electrons. The van der Waals surface area contributed by atoms with Crippen LogP contribution in [0.2, 0.25) is 5.31 Å². The molecule has 2 unspecified atom stereocenters. The lowest BCUT2D eigenvalue weighted by molar-refractivity contribution is -0.758. The number of nitrogens with zero attached hydrogens (tertiary/aromatic N) is 6. The first-order chi connectivity index (χ1) is 19.9. The van der Waals surface area contributed by atoms with Crippen molar-refractivity contribution >= 4 is 18.6 Å². The molecule has 2 aliphatic heterocycles. The van der Waals surface area contributed by atoms with Crippen molar-refractivity contribution in [3.63, 3.8) is 0 Å². The summed E-state index contributed by atoms with van der Waals surface area (Å²) in [4.78, 5) is 14.2. The van der Waals surface area contributed by atoms with Crippen LogP contribution in [0.1, 0.15) is 60.3 Å². The summed E-state index contributed by atoms with van der Waals surface area (Å²) < 4.78 is 4.80. The first-order valence-electron chi connectivity index (χ1n) is 15.1. The summed E-state index contributed by atoms with van der Waals surface area (Å²) in [7, 11) is 0. The summed E-state index contributed by atoms with van der Waals surface area (Å²) in [5.41, 5.74) is 4.61. The number of rotatable bonds is 8. The first kappa shape index (κ1) is 27.2. The van der Waals surface area contributed by atoms with Gasteiger partial charge < -0.3 is 4.81 Å². The number of aromatic nitrogens is 4. The highest BCUT2D eigenvalue weighted by molar-refractivity contribution is 6.72. The van der Waals surface area contributed by atoms with E-state index in [1.165, 1.54) is 35.3 Å². The number of hydrogen-bond donors (Lipinski definition) is 0. The molecule has 2 aliphatic rings. The standard InChI is InChI=1S/C34H41BN6/c1-6-9-18-38-19-11-13-30(26-38)27-14-17-37-31(23-27)40-21-22-41-32-24-28(29-12-10-16-36-25-29)15-20-39(32)34(5,8-3)33(4,7-2)35(40)41/h10-17,19-26H,6-9,18H2,1-5H3/q+2. The van der Waals surface area contributed by atoms with E-state index in [4.69, 9.17) is 4.98 Å². The molecular formula is C34H41BN6+2. The topological polar surface area (TPSA) is 40.0 Å². The van der Waals surface area contributed by atoms with Crippen LogP contribution in [-0.4, -0.2) is 17.0 Å². The van der Waals surface area contributed by atoms with E-state index < -0.39 is 0 Å². The third-order valence-corrected chi connectivity index (χ3v) is 9.84. The van der Waals surface area contributed by atoms with Crippen LogP contribution < -0.4 is 18.8 Å². The molecule has 6 rings (SSSR count). The van der Waals surface area contributed by atoms with E-state index in [9.17, 15) is 0 Å². The minimum absolute atomic E-state index is 0.0632. The quantitative estimate of drug-likeness (QED) is 0.181. The average Bonchev–Trinajstić information content (AvgIpc) is 3.49. The Bertz CT molecular complexity index is 1570. The maximum absolute atomic E-state index is 4.93. The van der Waals surface area contributed by atoms with Crippen molar-refractivity contribution in [2.75, 3.05) is 9.62 Å². The Morgan fingerprint density at radius 1 is 0.829 bits per heavy atom. The van der Waals surface area contributed by atoms with Crippen molar-refractivity contribution in [1.82, 2.24) is 9.97 Å². The summed E-state index contributed by atoms with van der Waals surface area (Å²) in [6.45, 7) is 12.9.